The maximum atomic E-state index is 12.4. The van der Waals surface area contributed by atoms with Gasteiger partial charge in [0.2, 0.25) is 0 Å². The Labute approximate surface area is 160 Å². The summed E-state index contributed by atoms with van der Waals surface area (Å²) in [5.41, 5.74) is 2.52. The van der Waals surface area contributed by atoms with E-state index in [1.807, 2.05) is 6.92 Å². The maximum Gasteiger partial charge on any atom is 0.333 e. The highest BCUT2D eigenvalue weighted by Crippen LogP contribution is 2.26. The normalized spacial score (nSPS) is 14.7. The van der Waals surface area contributed by atoms with Crippen LogP contribution in [0.3, 0.4) is 0 Å². The first kappa shape index (κ1) is 19.0. The number of barbiturate groups is 1. The van der Waals surface area contributed by atoms with Gasteiger partial charge in [-0.25, -0.2) is 4.79 Å². The quantitative estimate of drug-likeness (QED) is 0.351. The first-order chi connectivity index (χ1) is 13.1. The fraction of sp³-hybridized carbons (Fsp3) is 0.211. The van der Waals surface area contributed by atoms with Gasteiger partial charge in [0.15, 0.2) is 0 Å². The van der Waals surface area contributed by atoms with Crippen molar-refractivity contribution in [3.8, 4) is 5.69 Å². The van der Waals surface area contributed by atoms with Crippen LogP contribution < -0.4 is 0 Å². The summed E-state index contributed by atoms with van der Waals surface area (Å²) in [7, 11) is 2.63. The molecular weight excluding hydrogens is 364 g/mol. The van der Waals surface area contributed by atoms with Crippen LogP contribution in [-0.2, 0) is 9.59 Å². The van der Waals surface area contributed by atoms with E-state index < -0.39 is 22.8 Å². The summed E-state index contributed by atoms with van der Waals surface area (Å²) in [6.07, 6.45) is 1.44. The number of carbonyl (C=O) groups excluding carboxylic acids is 3. The van der Waals surface area contributed by atoms with Crippen LogP contribution in [0.4, 0.5) is 10.5 Å². The predicted molar refractivity (Wildman–Crippen MR) is 101 cm³/mol. The summed E-state index contributed by atoms with van der Waals surface area (Å²) in [4.78, 5) is 49.0. The Morgan fingerprint density at radius 3 is 2.18 bits per heavy atom. The molecule has 2 aromatic rings. The van der Waals surface area contributed by atoms with E-state index in [-0.39, 0.29) is 11.3 Å². The van der Waals surface area contributed by atoms with Gasteiger partial charge in [0.05, 0.1) is 10.6 Å². The first-order valence-corrected chi connectivity index (χ1v) is 8.39. The lowest BCUT2D eigenvalue weighted by molar-refractivity contribution is -0.384. The largest absolute Gasteiger partial charge is 0.333 e. The maximum absolute atomic E-state index is 12.4. The molecule has 0 unspecified atom stereocenters. The first-order valence-electron chi connectivity index (χ1n) is 8.39. The summed E-state index contributed by atoms with van der Waals surface area (Å²) in [5, 5.41) is 11.1. The van der Waals surface area contributed by atoms with Gasteiger partial charge in [-0.1, -0.05) is 6.07 Å². The van der Waals surface area contributed by atoms with E-state index in [0.29, 0.717) is 16.9 Å². The van der Waals surface area contributed by atoms with Gasteiger partial charge in [-0.05, 0) is 37.6 Å². The Balaban J connectivity index is 2.10. The predicted octanol–water partition coefficient (Wildman–Crippen LogP) is 2.44. The molecule has 0 bridgehead atoms. The molecule has 1 aromatic carbocycles. The molecule has 4 amide bonds. The van der Waals surface area contributed by atoms with E-state index in [1.54, 1.807) is 29.7 Å². The number of hydrogen-bond donors (Lipinski definition) is 0. The van der Waals surface area contributed by atoms with Gasteiger partial charge in [0, 0.05) is 37.6 Å². The number of imide groups is 2. The standard InChI is InChI=1S/C19H18N4O5/c1-11-8-13(9-16-17(24)20(3)19(26)21(4)18(16)25)12(2)22(11)14-6-5-7-15(10-14)23(27)28/h5-10H,1-4H3. The summed E-state index contributed by atoms with van der Waals surface area (Å²) < 4.78 is 1.80. The fourth-order valence-corrected chi connectivity index (χ4v) is 3.21. The van der Waals surface area contributed by atoms with Crippen molar-refractivity contribution < 1.29 is 19.3 Å². The third kappa shape index (κ3) is 2.96. The Kier molecular flexibility index (Phi) is 4.60. The third-order valence-corrected chi connectivity index (χ3v) is 4.71. The van der Waals surface area contributed by atoms with Gasteiger partial charge in [-0.3, -0.25) is 29.5 Å². The van der Waals surface area contributed by atoms with Gasteiger partial charge in [0.25, 0.3) is 17.5 Å². The van der Waals surface area contributed by atoms with Crippen molar-refractivity contribution in [3.05, 3.63) is 63.0 Å². The number of aromatic nitrogens is 1. The van der Waals surface area contributed by atoms with Gasteiger partial charge >= 0.3 is 6.03 Å². The van der Waals surface area contributed by atoms with E-state index in [1.165, 1.54) is 32.3 Å². The van der Waals surface area contributed by atoms with Crippen LogP contribution in [0.2, 0.25) is 0 Å². The number of aryl methyl sites for hydroxylation is 1. The van der Waals surface area contributed by atoms with Gasteiger partial charge in [0.1, 0.15) is 5.57 Å². The molecule has 0 saturated carbocycles. The topological polar surface area (TPSA) is 106 Å². The summed E-state index contributed by atoms with van der Waals surface area (Å²) in [6.45, 7) is 3.61. The second-order valence-electron chi connectivity index (χ2n) is 6.51. The molecule has 0 atom stereocenters. The fourth-order valence-electron chi connectivity index (χ4n) is 3.21. The van der Waals surface area contributed by atoms with Crippen LogP contribution in [0.1, 0.15) is 17.0 Å². The molecule has 0 N–H and O–H groups in total. The molecule has 0 radical (unpaired) electrons. The zero-order valence-electron chi connectivity index (χ0n) is 15.8. The molecule has 2 heterocycles. The number of nitro groups is 1. The average molecular weight is 382 g/mol. The van der Waals surface area contributed by atoms with Gasteiger partial charge in [-0.2, -0.15) is 0 Å². The van der Waals surface area contributed by atoms with Crippen LogP contribution >= 0.6 is 0 Å². The van der Waals surface area contributed by atoms with Gasteiger partial charge < -0.3 is 4.57 Å². The molecule has 1 aliphatic rings. The number of urea groups is 1. The number of benzene rings is 1. The Bertz CT molecular complexity index is 1040. The van der Waals surface area contributed by atoms with Crippen LogP contribution in [0, 0.1) is 24.0 Å². The second-order valence-corrected chi connectivity index (χ2v) is 6.51. The van der Waals surface area contributed by atoms with Crippen molar-refractivity contribution in [2.24, 2.45) is 0 Å². The number of nitro benzene ring substituents is 1. The van der Waals surface area contributed by atoms with Crippen molar-refractivity contribution in [2.45, 2.75) is 13.8 Å². The number of non-ortho nitro benzene ring substituents is 1. The number of nitrogens with zero attached hydrogens (tertiary/aromatic N) is 4. The van der Waals surface area contributed by atoms with Crippen LogP contribution in [-0.4, -0.2) is 51.2 Å². The zero-order valence-corrected chi connectivity index (χ0v) is 15.8. The average Bonchev–Trinajstić information content (AvgIpc) is 2.95. The van der Waals surface area contributed by atoms with Crippen molar-refractivity contribution in [2.75, 3.05) is 14.1 Å². The number of amides is 4. The minimum atomic E-state index is -0.686. The van der Waals surface area contributed by atoms with Crippen molar-refractivity contribution in [1.29, 1.82) is 0 Å². The summed E-state index contributed by atoms with van der Waals surface area (Å²) in [6, 6.07) is 7.28. The summed E-state index contributed by atoms with van der Waals surface area (Å²) >= 11 is 0. The zero-order chi connectivity index (χ0) is 20.7. The molecule has 1 fully saturated rings. The van der Waals surface area contributed by atoms with Crippen molar-refractivity contribution in [3.63, 3.8) is 0 Å². The van der Waals surface area contributed by atoms with Crippen molar-refractivity contribution in [1.82, 2.24) is 14.4 Å². The third-order valence-electron chi connectivity index (χ3n) is 4.71. The van der Waals surface area contributed by atoms with Crippen molar-refractivity contribution >= 4 is 29.6 Å². The van der Waals surface area contributed by atoms with E-state index >= 15 is 0 Å². The molecule has 1 aliphatic heterocycles. The lowest BCUT2D eigenvalue weighted by Crippen LogP contribution is -2.52. The monoisotopic (exact) mass is 382 g/mol. The Morgan fingerprint density at radius 2 is 1.61 bits per heavy atom. The molecule has 28 heavy (non-hydrogen) atoms. The SMILES string of the molecule is Cc1cc(C=C2C(=O)N(C)C(=O)N(C)C2=O)c(C)n1-c1cccc([N+](=O)[O-])c1. The van der Waals surface area contributed by atoms with E-state index in [0.717, 1.165) is 15.5 Å². The highest BCUT2D eigenvalue weighted by atomic mass is 16.6. The van der Waals surface area contributed by atoms with E-state index in [9.17, 15) is 24.5 Å². The smallest absolute Gasteiger partial charge is 0.318 e. The highest BCUT2D eigenvalue weighted by Gasteiger charge is 2.38. The van der Waals surface area contributed by atoms with Crippen LogP contribution in [0.5, 0.6) is 0 Å². The molecule has 9 heteroatoms. The molecule has 1 saturated heterocycles. The van der Waals surface area contributed by atoms with E-state index in [4.69, 9.17) is 0 Å². The molecule has 0 aliphatic carbocycles. The Hall–Kier alpha value is -3.75. The van der Waals surface area contributed by atoms with Gasteiger partial charge in [-0.15, -0.1) is 0 Å². The molecule has 1 aromatic heterocycles. The summed E-state index contributed by atoms with van der Waals surface area (Å²) in [5.74, 6) is -1.35. The number of hydrogen-bond acceptors (Lipinski definition) is 5. The molecular formula is C19H18N4O5. The second kappa shape index (κ2) is 6.76. The lowest BCUT2D eigenvalue weighted by Gasteiger charge is -2.28. The van der Waals surface area contributed by atoms with Crippen LogP contribution in [0.15, 0.2) is 35.9 Å². The van der Waals surface area contributed by atoms with E-state index in [2.05, 4.69) is 0 Å². The number of rotatable bonds is 3. The molecule has 3 rings (SSSR count). The lowest BCUT2D eigenvalue weighted by atomic mass is 10.1. The number of likely N-dealkylation sites (N-methyl/N-ethyl adjacent to an activating group) is 2. The Morgan fingerprint density at radius 1 is 1.00 bits per heavy atom. The molecule has 0 spiro atoms. The molecule has 144 valence electrons. The minimum absolute atomic E-state index is 0.0377. The van der Waals surface area contributed by atoms with Crippen LogP contribution in [0.25, 0.3) is 11.8 Å². The highest BCUT2D eigenvalue weighted by molar-refractivity contribution is 6.30. The minimum Gasteiger partial charge on any atom is -0.318 e. The number of carbonyl (C=O) groups is 3. The molecule has 9 nitrogen and oxygen atoms in total.